The van der Waals surface area contributed by atoms with Crippen LogP contribution in [0.5, 0.6) is 0 Å². The molecule has 1 fully saturated rings. The Balaban J connectivity index is 1.78. The lowest BCUT2D eigenvalue weighted by atomic mass is 10.2. The lowest BCUT2D eigenvalue weighted by Gasteiger charge is -2.16. The average molecular weight is 293 g/mol. The van der Waals surface area contributed by atoms with E-state index in [-0.39, 0.29) is 11.9 Å². The fraction of sp³-hybridized carbons (Fsp3) is 0.467. The fourth-order valence-corrected chi connectivity index (χ4v) is 2.37. The highest BCUT2D eigenvalue weighted by atomic mass is 19.1. The zero-order chi connectivity index (χ0) is 15.2. The number of urea groups is 1. The molecule has 1 aliphatic carbocycles. The van der Waals surface area contributed by atoms with Crippen molar-refractivity contribution < 1.29 is 14.0 Å². The first-order valence-electron chi connectivity index (χ1n) is 7.18. The Hall–Kier alpha value is -2.11. The maximum absolute atomic E-state index is 12.8. The van der Waals surface area contributed by atoms with Crippen LogP contribution in [0, 0.1) is 5.82 Å². The molecule has 0 bridgehead atoms. The van der Waals surface area contributed by atoms with E-state index in [1.807, 2.05) is 0 Å². The Labute approximate surface area is 123 Å². The second kappa shape index (κ2) is 7.06. The predicted molar refractivity (Wildman–Crippen MR) is 78.4 cm³/mol. The van der Waals surface area contributed by atoms with Crippen molar-refractivity contribution in [2.24, 2.45) is 0 Å². The minimum absolute atomic E-state index is 0.165. The van der Waals surface area contributed by atoms with Crippen LogP contribution in [-0.4, -0.2) is 24.0 Å². The smallest absolute Gasteiger partial charge is 0.321 e. The molecule has 1 saturated carbocycles. The van der Waals surface area contributed by atoms with Crippen LogP contribution in [0.4, 0.5) is 14.9 Å². The van der Waals surface area contributed by atoms with Gasteiger partial charge in [-0.05, 0) is 44.0 Å². The van der Waals surface area contributed by atoms with E-state index < -0.39 is 18.0 Å². The van der Waals surface area contributed by atoms with Gasteiger partial charge in [-0.15, -0.1) is 0 Å². The number of amides is 3. The van der Waals surface area contributed by atoms with Crippen LogP contribution in [0.2, 0.25) is 0 Å². The lowest BCUT2D eigenvalue weighted by Crippen LogP contribution is -2.48. The second-order valence-corrected chi connectivity index (χ2v) is 5.32. The number of anilines is 1. The molecule has 3 amide bonds. The minimum Gasteiger partial charge on any atom is -0.374 e. The number of carbonyl (C=O) groups is 2. The van der Waals surface area contributed by atoms with Gasteiger partial charge in [-0.3, -0.25) is 10.1 Å². The van der Waals surface area contributed by atoms with Gasteiger partial charge >= 0.3 is 6.03 Å². The van der Waals surface area contributed by atoms with Gasteiger partial charge in [0.2, 0.25) is 5.91 Å². The van der Waals surface area contributed by atoms with Gasteiger partial charge in [0, 0.05) is 11.7 Å². The lowest BCUT2D eigenvalue weighted by molar-refractivity contribution is -0.120. The topological polar surface area (TPSA) is 70.2 Å². The molecule has 6 heteroatoms. The average Bonchev–Trinajstić information content (AvgIpc) is 2.94. The summed E-state index contributed by atoms with van der Waals surface area (Å²) in [6.45, 7) is 1.64. The van der Waals surface area contributed by atoms with E-state index in [1.165, 1.54) is 24.3 Å². The summed E-state index contributed by atoms with van der Waals surface area (Å²) >= 11 is 0. The second-order valence-electron chi connectivity index (χ2n) is 5.32. The Morgan fingerprint density at radius 2 is 1.81 bits per heavy atom. The summed E-state index contributed by atoms with van der Waals surface area (Å²) in [7, 11) is 0. The van der Waals surface area contributed by atoms with Crippen LogP contribution in [0.25, 0.3) is 0 Å². The van der Waals surface area contributed by atoms with Gasteiger partial charge in [-0.2, -0.15) is 0 Å². The summed E-state index contributed by atoms with van der Waals surface area (Å²) in [4.78, 5) is 23.6. The van der Waals surface area contributed by atoms with Crippen molar-refractivity contribution in [3.05, 3.63) is 30.1 Å². The molecule has 5 nitrogen and oxygen atoms in total. The van der Waals surface area contributed by atoms with Gasteiger partial charge in [0.25, 0.3) is 0 Å². The molecule has 0 unspecified atom stereocenters. The standard InChI is InChI=1S/C15H20FN3O2/c1-10(17-13-8-6-11(16)7-9-13)14(20)19-15(21)18-12-4-2-3-5-12/h6-10,12,17H,2-5H2,1H3,(H2,18,19,20,21)/t10-/m0/s1. The van der Waals surface area contributed by atoms with Crippen molar-refractivity contribution >= 4 is 17.6 Å². The molecule has 3 N–H and O–H groups in total. The summed E-state index contributed by atoms with van der Waals surface area (Å²) in [5.41, 5.74) is 0.621. The van der Waals surface area contributed by atoms with Gasteiger partial charge in [-0.25, -0.2) is 9.18 Å². The Kier molecular flexibility index (Phi) is 5.14. The molecule has 0 aliphatic heterocycles. The predicted octanol–water partition coefficient (Wildman–Crippen LogP) is 2.39. The molecule has 0 saturated heterocycles. The van der Waals surface area contributed by atoms with Crippen LogP contribution in [0.3, 0.4) is 0 Å². The zero-order valence-electron chi connectivity index (χ0n) is 12.0. The maximum Gasteiger partial charge on any atom is 0.321 e. The Morgan fingerprint density at radius 3 is 2.43 bits per heavy atom. The number of carbonyl (C=O) groups excluding carboxylic acids is 2. The highest BCUT2D eigenvalue weighted by Gasteiger charge is 2.20. The van der Waals surface area contributed by atoms with Gasteiger partial charge in [0.15, 0.2) is 0 Å². The van der Waals surface area contributed by atoms with E-state index in [4.69, 9.17) is 0 Å². The van der Waals surface area contributed by atoms with Crippen molar-refractivity contribution in [1.82, 2.24) is 10.6 Å². The first-order chi connectivity index (χ1) is 10.0. The summed E-state index contributed by atoms with van der Waals surface area (Å²) < 4.78 is 12.8. The van der Waals surface area contributed by atoms with Crippen molar-refractivity contribution in [3.63, 3.8) is 0 Å². The first kappa shape index (κ1) is 15.3. The van der Waals surface area contributed by atoms with Crippen molar-refractivity contribution in [3.8, 4) is 0 Å². The third-order valence-corrected chi connectivity index (χ3v) is 3.55. The van der Waals surface area contributed by atoms with Gasteiger partial charge in [-0.1, -0.05) is 12.8 Å². The third kappa shape index (κ3) is 4.73. The number of hydrogen-bond acceptors (Lipinski definition) is 3. The molecule has 0 aromatic heterocycles. The molecule has 0 spiro atoms. The third-order valence-electron chi connectivity index (χ3n) is 3.55. The Morgan fingerprint density at radius 1 is 1.19 bits per heavy atom. The molecular formula is C15H20FN3O2. The number of halogens is 1. The van der Waals surface area contributed by atoms with Gasteiger partial charge < -0.3 is 10.6 Å². The van der Waals surface area contributed by atoms with Crippen molar-refractivity contribution in [1.29, 1.82) is 0 Å². The molecular weight excluding hydrogens is 273 g/mol. The summed E-state index contributed by atoms with van der Waals surface area (Å²) in [6, 6.07) is 4.80. The molecule has 114 valence electrons. The molecule has 1 aromatic rings. The largest absolute Gasteiger partial charge is 0.374 e. The number of benzene rings is 1. The molecule has 21 heavy (non-hydrogen) atoms. The van der Waals surface area contributed by atoms with E-state index in [2.05, 4.69) is 16.0 Å². The first-order valence-corrected chi connectivity index (χ1v) is 7.18. The van der Waals surface area contributed by atoms with Crippen LogP contribution < -0.4 is 16.0 Å². The SMILES string of the molecule is C[C@H](Nc1ccc(F)cc1)C(=O)NC(=O)NC1CCCC1. The van der Waals surface area contributed by atoms with E-state index in [0.29, 0.717) is 5.69 Å². The van der Waals surface area contributed by atoms with E-state index in [9.17, 15) is 14.0 Å². The summed E-state index contributed by atoms with van der Waals surface area (Å²) in [5.74, 6) is -0.761. The van der Waals surface area contributed by atoms with Gasteiger partial charge in [0.1, 0.15) is 11.9 Å². The molecule has 1 aromatic carbocycles. The molecule has 1 atom stereocenters. The van der Waals surface area contributed by atoms with Crippen LogP contribution in [0.1, 0.15) is 32.6 Å². The molecule has 2 rings (SSSR count). The van der Waals surface area contributed by atoms with Gasteiger partial charge in [0.05, 0.1) is 0 Å². The normalized spacial score (nSPS) is 16.3. The molecule has 1 aliphatic rings. The number of hydrogen-bond donors (Lipinski definition) is 3. The van der Waals surface area contributed by atoms with Crippen LogP contribution in [0.15, 0.2) is 24.3 Å². The Bertz CT molecular complexity index is 498. The minimum atomic E-state index is -0.593. The number of imide groups is 1. The summed E-state index contributed by atoms with van der Waals surface area (Å²) in [6.07, 6.45) is 4.15. The quantitative estimate of drug-likeness (QED) is 0.798. The van der Waals surface area contributed by atoms with E-state index >= 15 is 0 Å². The highest BCUT2D eigenvalue weighted by molar-refractivity contribution is 5.98. The van der Waals surface area contributed by atoms with Crippen LogP contribution >= 0.6 is 0 Å². The zero-order valence-corrected chi connectivity index (χ0v) is 12.0. The molecule has 0 heterocycles. The molecule has 0 radical (unpaired) electrons. The summed E-state index contributed by atoms with van der Waals surface area (Å²) in [5, 5.41) is 8.01. The van der Waals surface area contributed by atoms with Crippen molar-refractivity contribution in [2.75, 3.05) is 5.32 Å². The maximum atomic E-state index is 12.8. The van der Waals surface area contributed by atoms with E-state index in [1.54, 1.807) is 6.92 Å². The number of rotatable bonds is 4. The monoisotopic (exact) mass is 293 g/mol. The number of nitrogens with one attached hydrogen (secondary N) is 3. The van der Waals surface area contributed by atoms with Crippen molar-refractivity contribution in [2.45, 2.75) is 44.7 Å². The van der Waals surface area contributed by atoms with E-state index in [0.717, 1.165) is 25.7 Å². The van der Waals surface area contributed by atoms with Crippen LogP contribution in [-0.2, 0) is 4.79 Å². The highest BCUT2D eigenvalue weighted by Crippen LogP contribution is 2.17. The fourth-order valence-electron chi connectivity index (χ4n) is 2.37.